The molecule has 2 heterocycles. The summed E-state index contributed by atoms with van der Waals surface area (Å²) >= 11 is 0. The maximum absolute atomic E-state index is 13.6. The Morgan fingerprint density at radius 1 is 1.00 bits per heavy atom. The molecule has 5 heteroatoms. The van der Waals surface area contributed by atoms with Gasteiger partial charge >= 0.3 is 0 Å². The van der Waals surface area contributed by atoms with Crippen molar-refractivity contribution >= 4 is 28.2 Å². The van der Waals surface area contributed by atoms with Crippen molar-refractivity contribution in [2.75, 3.05) is 19.6 Å². The number of nitrogens with zero attached hydrogens (tertiary/aromatic N) is 3. The van der Waals surface area contributed by atoms with Gasteiger partial charge in [-0.3, -0.25) is 14.5 Å². The lowest BCUT2D eigenvalue weighted by Gasteiger charge is -2.25. The van der Waals surface area contributed by atoms with Gasteiger partial charge in [0.05, 0.1) is 18.6 Å². The summed E-state index contributed by atoms with van der Waals surface area (Å²) in [4.78, 5) is 32.1. The van der Waals surface area contributed by atoms with Gasteiger partial charge in [0.2, 0.25) is 0 Å². The molecule has 0 N–H and O–H groups in total. The van der Waals surface area contributed by atoms with E-state index in [-0.39, 0.29) is 11.6 Å². The fourth-order valence-electron chi connectivity index (χ4n) is 4.79. The lowest BCUT2D eigenvalue weighted by atomic mass is 9.87. The van der Waals surface area contributed by atoms with Crippen LogP contribution in [0.2, 0.25) is 0 Å². The molecule has 1 fully saturated rings. The molecule has 0 atom stereocenters. The number of likely N-dealkylation sites (tertiary alicyclic amines) is 1. The van der Waals surface area contributed by atoms with E-state index in [0.717, 1.165) is 59.3 Å². The van der Waals surface area contributed by atoms with Crippen LogP contribution in [0.5, 0.6) is 0 Å². The molecule has 0 unspecified atom stereocenters. The highest BCUT2D eigenvalue weighted by Crippen LogP contribution is 2.32. The van der Waals surface area contributed by atoms with Crippen LogP contribution in [0.15, 0.2) is 42.5 Å². The SMILES string of the molecule is [C-]#[N+]c1ccc(-n2c(C)c(C(=O)CN3CCCCC3)c3cc(CC(=O)C(C)(C)C)ccc32)cc1. The largest absolute Gasteiger partial charge is 0.313 e. The second-order valence-corrected chi connectivity index (χ2v) is 10.4. The third-order valence-electron chi connectivity index (χ3n) is 6.80. The third kappa shape index (κ3) is 4.83. The molecule has 0 spiro atoms. The number of piperidine rings is 1. The standard InChI is InChI=1S/C29H33N3O2/c1-20-28(26(33)19-31-15-7-6-8-16-31)24-17-21(18-27(34)29(2,3)4)9-14-25(24)32(20)23-12-10-22(30-5)11-13-23/h9-14,17H,6-8,15-16,18-19H2,1-4H3. The van der Waals surface area contributed by atoms with E-state index < -0.39 is 5.41 Å². The minimum atomic E-state index is -0.408. The van der Waals surface area contributed by atoms with Crippen molar-refractivity contribution < 1.29 is 9.59 Å². The van der Waals surface area contributed by atoms with E-state index in [1.165, 1.54) is 6.42 Å². The van der Waals surface area contributed by atoms with Gasteiger partial charge in [0.1, 0.15) is 5.78 Å². The lowest BCUT2D eigenvalue weighted by molar-refractivity contribution is -0.125. The van der Waals surface area contributed by atoms with E-state index in [2.05, 4.69) is 14.3 Å². The van der Waals surface area contributed by atoms with Crippen LogP contribution in [-0.4, -0.2) is 40.7 Å². The van der Waals surface area contributed by atoms with Crippen LogP contribution in [0.1, 0.15) is 61.6 Å². The average Bonchev–Trinajstić information content (AvgIpc) is 3.10. The predicted molar refractivity (Wildman–Crippen MR) is 137 cm³/mol. The Hall–Kier alpha value is -3.23. The summed E-state index contributed by atoms with van der Waals surface area (Å²) in [5, 5.41) is 0.896. The van der Waals surface area contributed by atoms with Crippen LogP contribution in [0, 0.1) is 18.9 Å². The van der Waals surface area contributed by atoms with Crippen LogP contribution < -0.4 is 0 Å². The zero-order chi connectivity index (χ0) is 24.5. The summed E-state index contributed by atoms with van der Waals surface area (Å²) in [6.45, 7) is 17.4. The predicted octanol–water partition coefficient (Wildman–Crippen LogP) is 6.32. The number of hydrogen-bond acceptors (Lipinski definition) is 3. The molecule has 0 saturated carbocycles. The maximum atomic E-state index is 13.6. The second-order valence-electron chi connectivity index (χ2n) is 10.4. The normalized spacial score (nSPS) is 14.8. The van der Waals surface area contributed by atoms with E-state index in [4.69, 9.17) is 6.57 Å². The summed E-state index contributed by atoms with van der Waals surface area (Å²) in [6.07, 6.45) is 3.86. The smallest absolute Gasteiger partial charge is 0.187 e. The molecule has 0 bridgehead atoms. The van der Waals surface area contributed by atoms with Crippen molar-refractivity contribution in [3.05, 3.63) is 70.7 Å². The molecule has 1 aromatic heterocycles. The van der Waals surface area contributed by atoms with Crippen LogP contribution in [0.3, 0.4) is 0 Å². The van der Waals surface area contributed by atoms with Gasteiger partial charge < -0.3 is 4.57 Å². The number of carbonyl (C=O) groups is 2. The van der Waals surface area contributed by atoms with E-state index in [1.54, 1.807) is 12.1 Å². The fourth-order valence-corrected chi connectivity index (χ4v) is 4.79. The number of ketones is 2. The van der Waals surface area contributed by atoms with E-state index >= 15 is 0 Å². The molecule has 1 aliphatic heterocycles. The third-order valence-corrected chi connectivity index (χ3v) is 6.80. The van der Waals surface area contributed by atoms with E-state index in [9.17, 15) is 9.59 Å². The topological polar surface area (TPSA) is 46.7 Å². The number of aromatic nitrogens is 1. The summed E-state index contributed by atoms with van der Waals surface area (Å²) in [5.41, 5.74) is 4.61. The molecule has 0 radical (unpaired) electrons. The minimum absolute atomic E-state index is 0.125. The highest BCUT2D eigenvalue weighted by Gasteiger charge is 2.25. The van der Waals surface area contributed by atoms with Crippen molar-refractivity contribution in [2.45, 2.75) is 53.4 Å². The number of rotatable bonds is 6. The van der Waals surface area contributed by atoms with Crippen molar-refractivity contribution in [1.29, 1.82) is 0 Å². The molecular formula is C29H33N3O2. The minimum Gasteiger partial charge on any atom is -0.313 e. The average molecular weight is 456 g/mol. The highest BCUT2D eigenvalue weighted by molar-refractivity contribution is 6.11. The number of hydrogen-bond donors (Lipinski definition) is 0. The van der Waals surface area contributed by atoms with Crippen molar-refractivity contribution in [3.8, 4) is 5.69 Å². The van der Waals surface area contributed by atoms with Crippen molar-refractivity contribution in [3.63, 3.8) is 0 Å². The van der Waals surface area contributed by atoms with Gasteiger partial charge in [0.15, 0.2) is 11.5 Å². The maximum Gasteiger partial charge on any atom is 0.187 e. The van der Waals surface area contributed by atoms with Gasteiger partial charge in [0.25, 0.3) is 0 Å². The monoisotopic (exact) mass is 455 g/mol. The quantitative estimate of drug-likeness (QED) is 0.323. The molecule has 3 aromatic rings. The van der Waals surface area contributed by atoms with Gasteiger partial charge in [0, 0.05) is 34.2 Å². The lowest BCUT2D eigenvalue weighted by Crippen LogP contribution is -2.34. The van der Waals surface area contributed by atoms with Gasteiger partial charge in [-0.2, -0.15) is 0 Å². The van der Waals surface area contributed by atoms with E-state index in [0.29, 0.717) is 18.7 Å². The molecule has 2 aromatic carbocycles. The second kappa shape index (κ2) is 9.56. The highest BCUT2D eigenvalue weighted by atomic mass is 16.1. The number of fused-ring (bicyclic) bond motifs is 1. The molecule has 0 amide bonds. The fraction of sp³-hybridized carbons (Fsp3) is 0.414. The Balaban J connectivity index is 1.81. The first-order valence-corrected chi connectivity index (χ1v) is 12.1. The molecule has 5 nitrogen and oxygen atoms in total. The van der Waals surface area contributed by atoms with Crippen LogP contribution in [0.25, 0.3) is 21.4 Å². The molecule has 1 saturated heterocycles. The Morgan fingerprint density at radius 2 is 1.68 bits per heavy atom. The number of carbonyl (C=O) groups excluding carboxylic acids is 2. The van der Waals surface area contributed by atoms with Gasteiger partial charge in [-0.1, -0.05) is 45.4 Å². The molecule has 1 aliphatic rings. The Labute approximate surface area is 202 Å². The summed E-state index contributed by atoms with van der Waals surface area (Å²) in [5.74, 6) is 0.305. The van der Waals surface area contributed by atoms with Gasteiger partial charge in [-0.15, -0.1) is 0 Å². The van der Waals surface area contributed by atoms with Crippen LogP contribution in [-0.2, 0) is 11.2 Å². The summed E-state index contributed by atoms with van der Waals surface area (Å²) in [7, 11) is 0. The molecule has 34 heavy (non-hydrogen) atoms. The van der Waals surface area contributed by atoms with Crippen molar-refractivity contribution in [1.82, 2.24) is 9.47 Å². The first-order valence-electron chi connectivity index (χ1n) is 12.1. The number of benzene rings is 2. The Kier molecular flexibility index (Phi) is 6.72. The first-order chi connectivity index (χ1) is 16.2. The molecule has 4 rings (SSSR count). The summed E-state index contributed by atoms with van der Waals surface area (Å²) in [6, 6.07) is 13.5. The first kappa shape index (κ1) is 23.9. The molecule has 176 valence electrons. The van der Waals surface area contributed by atoms with Gasteiger partial charge in [-0.05, 0) is 62.7 Å². The van der Waals surface area contributed by atoms with Crippen molar-refractivity contribution in [2.24, 2.45) is 5.41 Å². The zero-order valence-corrected chi connectivity index (χ0v) is 20.6. The summed E-state index contributed by atoms with van der Waals surface area (Å²) < 4.78 is 2.10. The molecule has 0 aliphatic carbocycles. The van der Waals surface area contributed by atoms with E-state index in [1.807, 2.05) is 58.0 Å². The zero-order valence-electron chi connectivity index (χ0n) is 20.6. The molecular weight excluding hydrogens is 422 g/mol. The van der Waals surface area contributed by atoms with Gasteiger partial charge in [-0.25, -0.2) is 4.85 Å². The Bertz CT molecular complexity index is 1260. The van der Waals surface area contributed by atoms with Crippen LogP contribution >= 0.6 is 0 Å². The Morgan fingerprint density at radius 3 is 2.29 bits per heavy atom. The number of Topliss-reactive ketones (excluding diaryl/α,β-unsaturated/α-hetero) is 2. The van der Waals surface area contributed by atoms with Crippen LogP contribution in [0.4, 0.5) is 5.69 Å².